The van der Waals surface area contributed by atoms with E-state index in [2.05, 4.69) is 91.6 Å². The molecule has 5 rings (SSSR count). The molecule has 0 spiro atoms. The minimum absolute atomic E-state index is 0.108. The van der Waals surface area contributed by atoms with Gasteiger partial charge in [-0.1, -0.05) is 99.6 Å². The van der Waals surface area contributed by atoms with Crippen LogP contribution in [0.15, 0.2) is 108 Å². The summed E-state index contributed by atoms with van der Waals surface area (Å²) in [5.74, 6) is 1.04. The van der Waals surface area contributed by atoms with E-state index in [4.69, 9.17) is 9.15 Å². The minimum Gasteiger partial charge on any atom is -0.416 e. The van der Waals surface area contributed by atoms with Crippen LogP contribution in [0.1, 0.15) is 37.5 Å². The fraction of sp³-hybridized carbons (Fsp3) is 0.188. The van der Waals surface area contributed by atoms with Crippen molar-refractivity contribution >= 4 is 0 Å². The number of hydrogen-bond donors (Lipinski definition) is 0. The zero-order valence-corrected chi connectivity index (χ0v) is 20.9. The fourth-order valence-corrected chi connectivity index (χ4v) is 4.03. The van der Waals surface area contributed by atoms with Crippen LogP contribution in [0.5, 0.6) is 0 Å². The maximum Gasteiger partial charge on any atom is 0.248 e. The van der Waals surface area contributed by atoms with E-state index in [9.17, 15) is 0 Å². The Morgan fingerprint density at radius 1 is 0.556 bits per heavy atom. The van der Waals surface area contributed by atoms with Crippen LogP contribution in [-0.2, 0) is 23.4 Å². The number of nitrogens with zero attached hydrogens (tertiary/aromatic N) is 2. The van der Waals surface area contributed by atoms with E-state index >= 15 is 0 Å². The summed E-state index contributed by atoms with van der Waals surface area (Å²) in [5.41, 5.74) is 7.82. The Kier molecular flexibility index (Phi) is 6.79. The lowest BCUT2D eigenvalue weighted by atomic mass is 9.87. The third-order valence-electron chi connectivity index (χ3n) is 6.22. The number of aromatic nitrogens is 2. The highest BCUT2D eigenvalue weighted by Gasteiger charge is 2.15. The molecule has 0 aliphatic rings. The normalized spacial score (nSPS) is 11.5. The van der Waals surface area contributed by atoms with Crippen molar-refractivity contribution in [3.8, 4) is 34.0 Å². The zero-order chi connectivity index (χ0) is 25.0. The first-order valence-electron chi connectivity index (χ1n) is 12.2. The lowest BCUT2D eigenvalue weighted by Crippen LogP contribution is -2.10. The predicted molar refractivity (Wildman–Crippen MR) is 144 cm³/mol. The van der Waals surface area contributed by atoms with Gasteiger partial charge in [0.2, 0.25) is 11.8 Å². The molecule has 0 bridgehead atoms. The van der Waals surface area contributed by atoms with Gasteiger partial charge in [-0.15, -0.1) is 10.2 Å². The summed E-state index contributed by atoms with van der Waals surface area (Å²) in [6.07, 6.45) is 0. The molecule has 4 aromatic carbocycles. The maximum atomic E-state index is 5.98. The summed E-state index contributed by atoms with van der Waals surface area (Å²) in [7, 11) is 0. The molecule has 180 valence electrons. The second-order valence-electron chi connectivity index (χ2n) is 9.99. The Hall–Kier alpha value is -4.02. The van der Waals surface area contributed by atoms with E-state index in [-0.39, 0.29) is 5.41 Å². The first kappa shape index (κ1) is 23.7. The molecule has 1 aromatic heterocycles. The molecule has 0 saturated carbocycles. The molecule has 0 aliphatic heterocycles. The van der Waals surface area contributed by atoms with E-state index in [0.29, 0.717) is 25.0 Å². The largest absolute Gasteiger partial charge is 0.416 e. The van der Waals surface area contributed by atoms with Crippen LogP contribution in [0.25, 0.3) is 34.0 Å². The first-order valence-corrected chi connectivity index (χ1v) is 12.2. The summed E-state index contributed by atoms with van der Waals surface area (Å²) in [5, 5.41) is 8.53. The predicted octanol–water partition coefficient (Wildman–Crippen LogP) is 8.08. The minimum atomic E-state index is 0.108. The molecule has 0 amide bonds. The average Bonchev–Trinajstić information content (AvgIpc) is 3.40. The number of benzene rings is 4. The van der Waals surface area contributed by atoms with Crippen LogP contribution in [0.3, 0.4) is 0 Å². The third kappa shape index (κ3) is 5.61. The smallest absolute Gasteiger partial charge is 0.248 e. The summed E-state index contributed by atoms with van der Waals surface area (Å²) < 4.78 is 11.8. The van der Waals surface area contributed by atoms with Gasteiger partial charge in [0.1, 0.15) is 0 Å². The third-order valence-corrected chi connectivity index (χ3v) is 6.22. The van der Waals surface area contributed by atoms with Gasteiger partial charge in [0, 0.05) is 11.1 Å². The van der Waals surface area contributed by atoms with Crippen molar-refractivity contribution in [2.24, 2.45) is 0 Å². The lowest BCUT2D eigenvalue weighted by Gasteiger charge is -2.18. The summed E-state index contributed by atoms with van der Waals surface area (Å²) in [4.78, 5) is 0. The number of hydrogen-bond acceptors (Lipinski definition) is 4. The van der Waals surface area contributed by atoms with Crippen LogP contribution < -0.4 is 0 Å². The van der Waals surface area contributed by atoms with Gasteiger partial charge in [0.25, 0.3) is 0 Å². The van der Waals surface area contributed by atoms with Gasteiger partial charge in [0.05, 0.1) is 13.2 Å². The van der Waals surface area contributed by atoms with Crippen molar-refractivity contribution < 1.29 is 9.15 Å². The molecule has 36 heavy (non-hydrogen) atoms. The molecule has 5 aromatic rings. The molecular weight excluding hydrogens is 444 g/mol. The Labute approximate surface area is 212 Å². The van der Waals surface area contributed by atoms with E-state index in [1.807, 2.05) is 42.5 Å². The lowest BCUT2D eigenvalue weighted by molar-refractivity contribution is 0.107. The molecule has 4 heteroatoms. The van der Waals surface area contributed by atoms with Crippen molar-refractivity contribution in [1.29, 1.82) is 0 Å². The molecule has 1 heterocycles. The molecular formula is C32H30N2O2. The fourth-order valence-electron chi connectivity index (χ4n) is 4.03. The SMILES string of the molecule is CC(C)(C)c1ccc(-c2nnc(-c3ccc(-c4ccc(COCc5ccccc5)cc4)cc3)o2)cc1. The Morgan fingerprint density at radius 3 is 1.53 bits per heavy atom. The monoisotopic (exact) mass is 474 g/mol. The molecule has 0 aliphatic carbocycles. The summed E-state index contributed by atoms with van der Waals surface area (Å²) in [6, 6.07) is 35.2. The number of rotatable bonds is 7. The zero-order valence-electron chi connectivity index (χ0n) is 20.9. The van der Waals surface area contributed by atoms with Gasteiger partial charge in [0.15, 0.2) is 0 Å². The Balaban J connectivity index is 1.22. The van der Waals surface area contributed by atoms with Crippen molar-refractivity contribution in [3.05, 3.63) is 120 Å². The van der Waals surface area contributed by atoms with Crippen LogP contribution in [0.4, 0.5) is 0 Å². The second-order valence-corrected chi connectivity index (χ2v) is 9.99. The maximum absolute atomic E-state index is 5.98. The highest BCUT2D eigenvalue weighted by molar-refractivity contribution is 5.68. The van der Waals surface area contributed by atoms with Crippen LogP contribution in [0, 0.1) is 0 Å². The molecule has 0 N–H and O–H groups in total. The molecule has 4 nitrogen and oxygen atoms in total. The molecule has 0 unspecified atom stereocenters. The van der Waals surface area contributed by atoms with Crippen LogP contribution >= 0.6 is 0 Å². The van der Waals surface area contributed by atoms with Gasteiger partial charge >= 0.3 is 0 Å². The van der Waals surface area contributed by atoms with Gasteiger partial charge < -0.3 is 9.15 Å². The van der Waals surface area contributed by atoms with E-state index in [1.165, 1.54) is 11.1 Å². The van der Waals surface area contributed by atoms with Crippen LogP contribution in [0.2, 0.25) is 0 Å². The molecule has 0 radical (unpaired) electrons. The highest BCUT2D eigenvalue weighted by atomic mass is 16.5. The topological polar surface area (TPSA) is 48.2 Å². The summed E-state index contributed by atoms with van der Waals surface area (Å²) in [6.45, 7) is 7.81. The summed E-state index contributed by atoms with van der Waals surface area (Å²) >= 11 is 0. The van der Waals surface area contributed by atoms with Crippen LogP contribution in [-0.4, -0.2) is 10.2 Å². The van der Waals surface area contributed by atoms with E-state index in [0.717, 1.165) is 27.8 Å². The highest BCUT2D eigenvalue weighted by Crippen LogP contribution is 2.29. The van der Waals surface area contributed by atoms with Crippen molar-refractivity contribution in [1.82, 2.24) is 10.2 Å². The van der Waals surface area contributed by atoms with Gasteiger partial charge in [-0.05, 0) is 57.5 Å². The quantitative estimate of drug-likeness (QED) is 0.239. The second kappa shape index (κ2) is 10.3. The van der Waals surface area contributed by atoms with Gasteiger partial charge in [-0.3, -0.25) is 0 Å². The Morgan fingerprint density at radius 2 is 1.00 bits per heavy atom. The Bertz CT molecular complexity index is 1400. The number of ether oxygens (including phenoxy) is 1. The van der Waals surface area contributed by atoms with E-state index < -0.39 is 0 Å². The average molecular weight is 475 g/mol. The standard InChI is InChI=1S/C32H30N2O2/c1-32(2,3)29-19-17-28(18-20-29)31-34-33-30(36-31)27-15-13-26(14-16-27)25-11-9-24(10-12-25)22-35-21-23-7-5-4-6-8-23/h4-20H,21-22H2,1-3H3. The molecule has 0 fully saturated rings. The first-order chi connectivity index (χ1) is 17.5. The molecule has 0 atom stereocenters. The van der Waals surface area contributed by atoms with Crippen molar-refractivity contribution in [2.45, 2.75) is 39.4 Å². The van der Waals surface area contributed by atoms with Crippen molar-refractivity contribution in [3.63, 3.8) is 0 Å². The van der Waals surface area contributed by atoms with Gasteiger partial charge in [-0.2, -0.15) is 0 Å². The van der Waals surface area contributed by atoms with E-state index in [1.54, 1.807) is 0 Å². The van der Waals surface area contributed by atoms with Crippen molar-refractivity contribution in [2.75, 3.05) is 0 Å². The molecule has 0 saturated heterocycles. The van der Waals surface area contributed by atoms with Gasteiger partial charge in [-0.25, -0.2) is 0 Å².